The minimum absolute atomic E-state index is 0.0401. The van der Waals surface area contributed by atoms with E-state index in [2.05, 4.69) is 4.72 Å². The van der Waals surface area contributed by atoms with Crippen molar-refractivity contribution in [2.24, 2.45) is 0 Å². The average molecular weight is 408 g/mol. The van der Waals surface area contributed by atoms with Gasteiger partial charge in [0.1, 0.15) is 5.82 Å². The zero-order valence-corrected chi connectivity index (χ0v) is 16.0. The maximum atomic E-state index is 13.3. The maximum absolute atomic E-state index is 13.3. The van der Waals surface area contributed by atoms with Gasteiger partial charge >= 0.3 is 0 Å². The van der Waals surface area contributed by atoms with Gasteiger partial charge in [-0.15, -0.1) is 0 Å². The molecule has 0 unspecified atom stereocenters. The Bertz CT molecular complexity index is 809. The highest BCUT2D eigenvalue weighted by atomic mass is 35.5. The van der Waals surface area contributed by atoms with Crippen LogP contribution in [0.1, 0.15) is 11.1 Å². The van der Waals surface area contributed by atoms with Crippen LogP contribution in [0, 0.1) is 12.7 Å². The fraction of sp³-hybridized carbons (Fsp3) is 0.250. The van der Waals surface area contributed by atoms with E-state index in [4.69, 9.17) is 23.2 Å². The molecule has 0 spiro atoms. The third-order valence-electron chi connectivity index (χ3n) is 3.29. The highest BCUT2D eigenvalue weighted by Crippen LogP contribution is 2.28. The molecule has 0 aliphatic heterocycles. The van der Waals surface area contributed by atoms with Crippen LogP contribution < -0.4 is 4.72 Å². The minimum atomic E-state index is -3.73. The fourth-order valence-electron chi connectivity index (χ4n) is 2.03. The van der Waals surface area contributed by atoms with Gasteiger partial charge in [-0.25, -0.2) is 17.5 Å². The first-order valence-electron chi connectivity index (χ1n) is 7.08. The van der Waals surface area contributed by atoms with E-state index in [0.717, 1.165) is 11.6 Å². The summed E-state index contributed by atoms with van der Waals surface area (Å²) in [6, 6.07) is 9.00. The van der Waals surface area contributed by atoms with E-state index in [0.29, 0.717) is 27.1 Å². The standard InChI is InChI=1S/C16H16Cl2FNO2S2/c1-11-5-6-12(19)9-16(11)24(21,22)20-7-8-23-10-13-14(17)3-2-4-15(13)18/h2-6,9,20H,7-8,10H2,1H3. The predicted octanol–water partition coefficient (Wildman–Crippen LogP) is 4.65. The highest BCUT2D eigenvalue weighted by molar-refractivity contribution is 7.98. The van der Waals surface area contributed by atoms with Gasteiger partial charge in [0.05, 0.1) is 4.90 Å². The van der Waals surface area contributed by atoms with Gasteiger partial charge in [0.25, 0.3) is 0 Å². The Morgan fingerprint density at radius 1 is 1.17 bits per heavy atom. The Hall–Kier alpha value is -0.790. The molecule has 8 heteroatoms. The molecule has 2 rings (SSSR count). The lowest BCUT2D eigenvalue weighted by Gasteiger charge is -2.10. The SMILES string of the molecule is Cc1ccc(F)cc1S(=O)(=O)NCCSCc1c(Cl)cccc1Cl. The molecule has 0 fully saturated rings. The van der Waals surface area contributed by atoms with E-state index < -0.39 is 15.8 Å². The van der Waals surface area contributed by atoms with E-state index in [1.807, 2.05) is 0 Å². The molecule has 0 bridgehead atoms. The predicted molar refractivity (Wildman–Crippen MR) is 98.9 cm³/mol. The van der Waals surface area contributed by atoms with Crippen LogP contribution in [0.2, 0.25) is 10.0 Å². The number of thioether (sulfide) groups is 1. The molecular weight excluding hydrogens is 392 g/mol. The summed E-state index contributed by atoms with van der Waals surface area (Å²) < 4.78 is 40.2. The van der Waals surface area contributed by atoms with Crippen LogP contribution in [0.3, 0.4) is 0 Å². The largest absolute Gasteiger partial charge is 0.240 e. The molecule has 0 aromatic heterocycles. The normalized spacial score (nSPS) is 11.7. The van der Waals surface area contributed by atoms with E-state index in [1.54, 1.807) is 25.1 Å². The van der Waals surface area contributed by atoms with Crippen molar-refractivity contribution < 1.29 is 12.8 Å². The molecule has 0 radical (unpaired) electrons. The van der Waals surface area contributed by atoms with Gasteiger partial charge in [-0.2, -0.15) is 11.8 Å². The smallest absolute Gasteiger partial charge is 0.210 e. The number of rotatable bonds is 7. The van der Waals surface area contributed by atoms with Crippen molar-refractivity contribution in [1.82, 2.24) is 4.72 Å². The van der Waals surface area contributed by atoms with Crippen LogP contribution in [0.25, 0.3) is 0 Å². The molecule has 0 saturated carbocycles. The molecule has 0 amide bonds. The molecule has 24 heavy (non-hydrogen) atoms. The topological polar surface area (TPSA) is 46.2 Å². The number of sulfonamides is 1. The van der Waals surface area contributed by atoms with Crippen LogP contribution >= 0.6 is 35.0 Å². The zero-order chi connectivity index (χ0) is 17.7. The van der Waals surface area contributed by atoms with Crippen molar-refractivity contribution in [3.8, 4) is 0 Å². The lowest BCUT2D eigenvalue weighted by atomic mass is 10.2. The van der Waals surface area contributed by atoms with E-state index in [-0.39, 0.29) is 11.4 Å². The van der Waals surface area contributed by atoms with Crippen LogP contribution in [-0.4, -0.2) is 20.7 Å². The number of hydrogen-bond donors (Lipinski definition) is 1. The Morgan fingerprint density at radius 3 is 2.50 bits per heavy atom. The van der Waals surface area contributed by atoms with Crippen molar-refractivity contribution in [3.63, 3.8) is 0 Å². The number of nitrogens with one attached hydrogen (secondary N) is 1. The molecular formula is C16H16Cl2FNO2S2. The molecule has 0 aliphatic rings. The Kier molecular flexibility index (Phi) is 6.95. The first-order valence-corrected chi connectivity index (χ1v) is 10.5. The minimum Gasteiger partial charge on any atom is -0.210 e. The summed E-state index contributed by atoms with van der Waals surface area (Å²) in [7, 11) is -3.73. The Balaban J connectivity index is 1.89. The second-order valence-electron chi connectivity index (χ2n) is 5.06. The molecule has 0 atom stereocenters. The average Bonchev–Trinajstić information content (AvgIpc) is 2.51. The number of hydrogen-bond acceptors (Lipinski definition) is 3. The molecule has 0 saturated heterocycles. The summed E-state index contributed by atoms with van der Waals surface area (Å²) in [5, 5.41) is 1.18. The van der Waals surface area contributed by atoms with Gasteiger partial charge in [0.2, 0.25) is 10.0 Å². The highest BCUT2D eigenvalue weighted by Gasteiger charge is 2.17. The lowest BCUT2D eigenvalue weighted by molar-refractivity contribution is 0.579. The Labute approximate surface area is 155 Å². The van der Waals surface area contributed by atoms with Gasteiger partial charge < -0.3 is 0 Å². The zero-order valence-electron chi connectivity index (χ0n) is 12.9. The summed E-state index contributed by atoms with van der Waals surface area (Å²) in [5.41, 5.74) is 1.33. The van der Waals surface area contributed by atoms with Crippen molar-refractivity contribution in [2.75, 3.05) is 12.3 Å². The molecule has 2 aromatic rings. The van der Waals surface area contributed by atoms with Gasteiger partial charge in [-0.05, 0) is 42.3 Å². The number of halogens is 3. The second kappa shape index (κ2) is 8.54. The molecule has 130 valence electrons. The van der Waals surface area contributed by atoms with Crippen molar-refractivity contribution in [2.45, 2.75) is 17.6 Å². The first kappa shape index (κ1) is 19.5. The van der Waals surface area contributed by atoms with Crippen molar-refractivity contribution in [1.29, 1.82) is 0 Å². The summed E-state index contributed by atoms with van der Waals surface area (Å²) in [5.74, 6) is 0.540. The monoisotopic (exact) mass is 407 g/mol. The van der Waals surface area contributed by atoms with Crippen LogP contribution in [0.15, 0.2) is 41.3 Å². The number of benzene rings is 2. The third kappa shape index (κ3) is 5.10. The molecule has 0 heterocycles. The van der Waals surface area contributed by atoms with Gasteiger partial charge in [-0.3, -0.25) is 0 Å². The van der Waals surface area contributed by atoms with Crippen molar-refractivity contribution in [3.05, 3.63) is 63.4 Å². The second-order valence-corrected chi connectivity index (χ2v) is 8.72. The maximum Gasteiger partial charge on any atom is 0.240 e. The summed E-state index contributed by atoms with van der Waals surface area (Å²) >= 11 is 13.7. The van der Waals surface area contributed by atoms with Crippen LogP contribution in [0.4, 0.5) is 4.39 Å². The van der Waals surface area contributed by atoms with Crippen LogP contribution in [-0.2, 0) is 15.8 Å². The van der Waals surface area contributed by atoms with E-state index in [1.165, 1.54) is 23.9 Å². The molecule has 0 aliphatic carbocycles. The third-order valence-corrected chi connectivity index (χ3v) is 6.58. The summed E-state index contributed by atoms with van der Waals surface area (Å²) in [4.78, 5) is -0.0401. The Morgan fingerprint density at radius 2 is 1.83 bits per heavy atom. The first-order chi connectivity index (χ1) is 11.3. The quantitative estimate of drug-likeness (QED) is 0.679. The van der Waals surface area contributed by atoms with Gasteiger partial charge in [-0.1, -0.05) is 35.3 Å². The van der Waals surface area contributed by atoms with E-state index >= 15 is 0 Å². The van der Waals surface area contributed by atoms with Gasteiger partial charge in [0, 0.05) is 28.1 Å². The summed E-state index contributed by atoms with van der Waals surface area (Å²) in [6.07, 6.45) is 0. The lowest BCUT2D eigenvalue weighted by Crippen LogP contribution is -2.26. The molecule has 2 aromatic carbocycles. The number of aryl methyl sites for hydroxylation is 1. The fourth-order valence-corrected chi connectivity index (χ4v) is 5.04. The van der Waals surface area contributed by atoms with E-state index in [9.17, 15) is 12.8 Å². The van der Waals surface area contributed by atoms with Crippen molar-refractivity contribution >= 4 is 45.0 Å². The molecule has 1 N–H and O–H groups in total. The van der Waals surface area contributed by atoms with Gasteiger partial charge in [0.15, 0.2) is 0 Å². The molecule has 3 nitrogen and oxygen atoms in total. The summed E-state index contributed by atoms with van der Waals surface area (Å²) in [6.45, 7) is 1.85. The van der Waals surface area contributed by atoms with Crippen LogP contribution in [0.5, 0.6) is 0 Å².